The summed E-state index contributed by atoms with van der Waals surface area (Å²) in [6.45, 7) is 8.02. The highest BCUT2D eigenvalue weighted by atomic mass is 16.4. The van der Waals surface area contributed by atoms with Gasteiger partial charge in [0, 0.05) is 5.57 Å². The molecule has 0 aromatic rings. The van der Waals surface area contributed by atoms with Crippen LogP contribution in [-0.4, -0.2) is 17.2 Å². The van der Waals surface area contributed by atoms with Crippen LogP contribution in [0.15, 0.2) is 16.3 Å². The van der Waals surface area contributed by atoms with Crippen LogP contribution in [0.2, 0.25) is 0 Å². The summed E-state index contributed by atoms with van der Waals surface area (Å²) < 4.78 is 0. The van der Waals surface area contributed by atoms with Gasteiger partial charge >= 0.3 is 0 Å². The second kappa shape index (κ2) is 3.56. The zero-order valence-corrected chi connectivity index (χ0v) is 9.16. The number of aldehydes is 1. The molecule has 1 N–H and O–H groups in total. The molecule has 0 aromatic carbocycles. The van der Waals surface area contributed by atoms with Crippen molar-refractivity contribution in [1.29, 1.82) is 0 Å². The summed E-state index contributed by atoms with van der Waals surface area (Å²) in [5.74, 6) is 0.317. The van der Waals surface area contributed by atoms with Crippen LogP contribution in [-0.2, 0) is 4.79 Å². The van der Waals surface area contributed by atoms with Crippen LogP contribution in [0.5, 0.6) is 0 Å². The van der Waals surface area contributed by atoms with Gasteiger partial charge in [-0.05, 0) is 30.3 Å². The van der Waals surface area contributed by atoms with Gasteiger partial charge in [-0.2, -0.15) is 0 Å². The molecule has 1 rings (SSSR count). The fraction of sp³-hybridized carbons (Fsp3) is 0.636. The van der Waals surface area contributed by atoms with Crippen molar-refractivity contribution in [3.05, 3.63) is 11.1 Å². The smallest absolute Gasteiger partial charge is 0.146 e. The third-order valence-corrected chi connectivity index (χ3v) is 3.50. The number of hydrogen-bond acceptors (Lipinski definition) is 3. The van der Waals surface area contributed by atoms with Crippen LogP contribution in [0.3, 0.4) is 0 Å². The van der Waals surface area contributed by atoms with Gasteiger partial charge in [-0.15, -0.1) is 0 Å². The number of carbonyl (C=O) groups is 1. The Kier molecular flexibility index (Phi) is 2.79. The second-order valence-corrected chi connectivity index (χ2v) is 4.53. The molecule has 1 aliphatic carbocycles. The highest BCUT2D eigenvalue weighted by molar-refractivity contribution is 6.05. The average Bonchev–Trinajstić information content (AvgIpc) is 2.12. The Morgan fingerprint density at radius 2 is 2.14 bits per heavy atom. The van der Waals surface area contributed by atoms with Gasteiger partial charge in [-0.25, -0.2) is 0 Å². The molecular weight excluding hydrogens is 178 g/mol. The Bertz CT molecular complexity index is 313. The molecule has 0 radical (unpaired) electrons. The van der Waals surface area contributed by atoms with Crippen LogP contribution >= 0.6 is 0 Å². The lowest BCUT2D eigenvalue weighted by atomic mass is 9.66. The SMILES string of the molecule is CC1=C(C=O)C(C)(C)C(C)CC1=NO. The van der Waals surface area contributed by atoms with Crippen LogP contribution in [0, 0.1) is 11.3 Å². The van der Waals surface area contributed by atoms with E-state index in [0.717, 1.165) is 23.9 Å². The van der Waals surface area contributed by atoms with Crippen LogP contribution in [0.4, 0.5) is 0 Å². The van der Waals surface area contributed by atoms with Crippen molar-refractivity contribution in [3.8, 4) is 0 Å². The van der Waals surface area contributed by atoms with E-state index in [9.17, 15) is 4.79 Å². The largest absolute Gasteiger partial charge is 0.411 e. The first-order chi connectivity index (χ1) is 6.45. The molecule has 0 heterocycles. The Hall–Kier alpha value is -1.12. The van der Waals surface area contributed by atoms with Crippen molar-refractivity contribution in [2.24, 2.45) is 16.5 Å². The van der Waals surface area contributed by atoms with E-state index in [1.807, 2.05) is 6.92 Å². The number of rotatable bonds is 1. The van der Waals surface area contributed by atoms with Gasteiger partial charge in [0.15, 0.2) is 0 Å². The quantitative estimate of drug-likeness (QED) is 0.397. The van der Waals surface area contributed by atoms with Gasteiger partial charge in [-0.1, -0.05) is 25.9 Å². The Morgan fingerprint density at radius 3 is 2.57 bits per heavy atom. The first-order valence-electron chi connectivity index (χ1n) is 4.83. The molecule has 0 spiro atoms. The van der Waals surface area contributed by atoms with Crippen LogP contribution in [0.1, 0.15) is 34.1 Å². The highest BCUT2D eigenvalue weighted by Gasteiger charge is 2.37. The van der Waals surface area contributed by atoms with Gasteiger partial charge in [0.2, 0.25) is 0 Å². The fourth-order valence-corrected chi connectivity index (χ4v) is 1.96. The maximum absolute atomic E-state index is 11.0. The molecule has 0 bridgehead atoms. The third-order valence-electron chi connectivity index (χ3n) is 3.50. The molecular formula is C11H17NO2. The van der Waals surface area contributed by atoms with E-state index in [0.29, 0.717) is 11.6 Å². The van der Waals surface area contributed by atoms with E-state index in [-0.39, 0.29) is 5.41 Å². The number of carbonyl (C=O) groups excluding carboxylic acids is 1. The van der Waals surface area contributed by atoms with E-state index < -0.39 is 0 Å². The van der Waals surface area contributed by atoms with Crippen molar-refractivity contribution in [2.75, 3.05) is 0 Å². The molecule has 1 atom stereocenters. The number of allylic oxidation sites excluding steroid dienone is 2. The Balaban J connectivity index is 3.31. The van der Waals surface area contributed by atoms with Crippen molar-refractivity contribution < 1.29 is 10.0 Å². The maximum atomic E-state index is 11.0. The summed E-state index contributed by atoms with van der Waals surface area (Å²) in [7, 11) is 0. The normalized spacial score (nSPS) is 29.4. The molecule has 1 aliphatic rings. The van der Waals surface area contributed by atoms with Crippen molar-refractivity contribution in [1.82, 2.24) is 0 Å². The standard InChI is InChI=1S/C11H17NO2/c1-7-5-10(12-14)8(2)9(6-13)11(7,3)4/h6-7,14H,5H2,1-4H3. The molecule has 1 unspecified atom stereocenters. The molecule has 0 fully saturated rings. The zero-order valence-electron chi connectivity index (χ0n) is 9.16. The maximum Gasteiger partial charge on any atom is 0.146 e. The Morgan fingerprint density at radius 1 is 1.57 bits per heavy atom. The van der Waals surface area contributed by atoms with E-state index in [1.165, 1.54) is 0 Å². The minimum absolute atomic E-state index is 0.125. The zero-order chi connectivity index (χ0) is 10.9. The van der Waals surface area contributed by atoms with Crippen molar-refractivity contribution in [3.63, 3.8) is 0 Å². The number of hydrogen-bond donors (Lipinski definition) is 1. The van der Waals surface area contributed by atoms with Gasteiger partial charge in [-0.3, -0.25) is 4.79 Å². The van der Waals surface area contributed by atoms with Crippen LogP contribution < -0.4 is 0 Å². The van der Waals surface area contributed by atoms with Gasteiger partial charge in [0.1, 0.15) is 6.29 Å². The molecule has 0 aromatic heterocycles. The summed E-state index contributed by atoms with van der Waals surface area (Å²) in [6.07, 6.45) is 1.61. The van der Waals surface area contributed by atoms with E-state index in [2.05, 4.69) is 25.9 Å². The minimum atomic E-state index is -0.125. The third kappa shape index (κ3) is 1.47. The number of nitrogens with zero attached hydrogens (tertiary/aromatic N) is 1. The molecule has 3 heteroatoms. The lowest BCUT2D eigenvalue weighted by Crippen LogP contribution is -2.33. The molecule has 0 amide bonds. The lowest BCUT2D eigenvalue weighted by molar-refractivity contribution is -0.106. The lowest BCUT2D eigenvalue weighted by Gasteiger charge is -2.37. The summed E-state index contributed by atoms with van der Waals surface area (Å²) in [5.41, 5.74) is 2.09. The molecule has 0 saturated carbocycles. The molecule has 0 aliphatic heterocycles. The fourth-order valence-electron chi connectivity index (χ4n) is 1.96. The summed E-state index contributed by atoms with van der Waals surface area (Å²) in [5, 5.41) is 12.0. The monoisotopic (exact) mass is 195 g/mol. The molecule has 0 saturated heterocycles. The summed E-state index contributed by atoms with van der Waals surface area (Å²) in [4.78, 5) is 11.0. The van der Waals surface area contributed by atoms with Gasteiger partial charge in [0.05, 0.1) is 5.71 Å². The predicted octanol–water partition coefficient (Wildman–Crippen LogP) is 2.40. The van der Waals surface area contributed by atoms with E-state index in [4.69, 9.17) is 5.21 Å². The van der Waals surface area contributed by atoms with Crippen LogP contribution in [0.25, 0.3) is 0 Å². The van der Waals surface area contributed by atoms with Crippen molar-refractivity contribution >= 4 is 12.0 Å². The van der Waals surface area contributed by atoms with Gasteiger partial charge < -0.3 is 5.21 Å². The average molecular weight is 195 g/mol. The number of oxime groups is 1. The molecule has 14 heavy (non-hydrogen) atoms. The van der Waals surface area contributed by atoms with Crippen molar-refractivity contribution in [2.45, 2.75) is 34.1 Å². The van der Waals surface area contributed by atoms with E-state index >= 15 is 0 Å². The summed E-state index contributed by atoms with van der Waals surface area (Å²) in [6, 6.07) is 0. The Labute approximate surface area is 84.5 Å². The first-order valence-corrected chi connectivity index (χ1v) is 4.83. The molecule has 78 valence electrons. The highest BCUT2D eigenvalue weighted by Crippen LogP contribution is 2.42. The predicted molar refractivity (Wildman–Crippen MR) is 55.5 cm³/mol. The minimum Gasteiger partial charge on any atom is -0.411 e. The second-order valence-electron chi connectivity index (χ2n) is 4.53. The van der Waals surface area contributed by atoms with E-state index in [1.54, 1.807) is 0 Å². The van der Waals surface area contributed by atoms with Gasteiger partial charge in [0.25, 0.3) is 0 Å². The topological polar surface area (TPSA) is 49.7 Å². The molecule has 3 nitrogen and oxygen atoms in total. The summed E-state index contributed by atoms with van der Waals surface area (Å²) >= 11 is 0. The first kappa shape index (κ1) is 11.0.